The average Bonchev–Trinajstić information content (AvgIpc) is 3.04. The lowest BCUT2D eigenvalue weighted by molar-refractivity contribution is 0.0612. The van der Waals surface area contributed by atoms with Gasteiger partial charge in [-0.3, -0.25) is 4.79 Å². The SMILES string of the molecule is CC1CNC(Cc2ccccc2)CN1C(=O)c1cccs1. The molecule has 2 atom stereocenters. The van der Waals surface area contributed by atoms with Crippen molar-refractivity contribution in [2.45, 2.75) is 25.4 Å². The number of thiophene rings is 1. The molecular formula is C17H20N2OS. The Morgan fingerprint density at radius 2 is 2.10 bits per heavy atom. The molecule has 3 rings (SSSR count). The summed E-state index contributed by atoms with van der Waals surface area (Å²) in [6.07, 6.45) is 0.960. The van der Waals surface area contributed by atoms with Crippen molar-refractivity contribution in [3.63, 3.8) is 0 Å². The van der Waals surface area contributed by atoms with Crippen molar-refractivity contribution >= 4 is 17.2 Å². The molecule has 2 heterocycles. The summed E-state index contributed by atoms with van der Waals surface area (Å²) in [7, 11) is 0. The minimum absolute atomic E-state index is 0.164. The molecule has 0 spiro atoms. The molecule has 3 nitrogen and oxygen atoms in total. The zero-order valence-electron chi connectivity index (χ0n) is 12.2. The molecule has 1 aromatic heterocycles. The number of nitrogens with one attached hydrogen (secondary N) is 1. The number of hydrogen-bond donors (Lipinski definition) is 1. The first-order valence-electron chi connectivity index (χ1n) is 7.36. The molecule has 1 amide bonds. The largest absolute Gasteiger partial charge is 0.332 e. The van der Waals surface area contributed by atoms with E-state index in [0.29, 0.717) is 6.04 Å². The summed E-state index contributed by atoms with van der Waals surface area (Å²) >= 11 is 1.52. The van der Waals surface area contributed by atoms with E-state index in [9.17, 15) is 4.79 Å². The minimum Gasteiger partial charge on any atom is -0.332 e. The zero-order valence-corrected chi connectivity index (χ0v) is 13.0. The van der Waals surface area contributed by atoms with Crippen molar-refractivity contribution in [3.05, 3.63) is 58.3 Å². The Morgan fingerprint density at radius 1 is 1.29 bits per heavy atom. The van der Waals surface area contributed by atoms with Gasteiger partial charge in [0.1, 0.15) is 0 Å². The quantitative estimate of drug-likeness (QED) is 0.945. The van der Waals surface area contributed by atoms with E-state index < -0.39 is 0 Å². The molecule has 0 aliphatic carbocycles. The van der Waals surface area contributed by atoms with E-state index in [4.69, 9.17) is 0 Å². The third-order valence-electron chi connectivity index (χ3n) is 3.97. The van der Waals surface area contributed by atoms with Crippen molar-refractivity contribution in [1.29, 1.82) is 0 Å². The minimum atomic E-state index is 0.164. The van der Waals surface area contributed by atoms with Crippen LogP contribution in [0.5, 0.6) is 0 Å². The number of nitrogens with zero attached hydrogens (tertiary/aromatic N) is 1. The molecule has 4 heteroatoms. The first-order chi connectivity index (χ1) is 10.2. The van der Waals surface area contributed by atoms with Gasteiger partial charge < -0.3 is 10.2 Å². The molecule has 0 saturated carbocycles. The highest BCUT2D eigenvalue weighted by Gasteiger charge is 2.29. The Bertz CT molecular complexity index is 582. The molecule has 0 bridgehead atoms. The maximum Gasteiger partial charge on any atom is 0.264 e. The maximum absolute atomic E-state index is 12.6. The normalized spacial score (nSPS) is 22.2. The Morgan fingerprint density at radius 3 is 2.81 bits per heavy atom. The highest BCUT2D eigenvalue weighted by atomic mass is 32.1. The van der Waals surface area contributed by atoms with Crippen LogP contribution in [-0.2, 0) is 6.42 Å². The number of carbonyl (C=O) groups is 1. The summed E-state index contributed by atoms with van der Waals surface area (Å²) in [5, 5.41) is 5.52. The average molecular weight is 300 g/mol. The predicted octanol–water partition coefficient (Wildman–Crippen LogP) is 2.79. The van der Waals surface area contributed by atoms with Crippen LogP contribution >= 0.6 is 11.3 Å². The van der Waals surface area contributed by atoms with Gasteiger partial charge in [0.2, 0.25) is 0 Å². The van der Waals surface area contributed by atoms with E-state index in [1.807, 2.05) is 28.5 Å². The lowest BCUT2D eigenvalue weighted by Gasteiger charge is -2.38. The van der Waals surface area contributed by atoms with E-state index in [1.54, 1.807) is 0 Å². The number of piperazine rings is 1. The fourth-order valence-corrected chi connectivity index (χ4v) is 3.47. The van der Waals surface area contributed by atoms with Gasteiger partial charge in [-0.2, -0.15) is 0 Å². The molecule has 1 aromatic carbocycles. The van der Waals surface area contributed by atoms with Crippen LogP contribution in [0.25, 0.3) is 0 Å². The van der Waals surface area contributed by atoms with Crippen LogP contribution in [0.2, 0.25) is 0 Å². The molecule has 1 aliphatic rings. The van der Waals surface area contributed by atoms with Crippen LogP contribution in [0.1, 0.15) is 22.2 Å². The smallest absolute Gasteiger partial charge is 0.264 e. The second kappa shape index (κ2) is 6.41. The molecule has 1 fully saturated rings. The molecular weight excluding hydrogens is 280 g/mol. The Labute approximate surface area is 129 Å². The third-order valence-corrected chi connectivity index (χ3v) is 4.83. The second-order valence-corrected chi connectivity index (χ2v) is 6.53. The Balaban J connectivity index is 1.68. The summed E-state index contributed by atoms with van der Waals surface area (Å²) in [6, 6.07) is 14.9. The van der Waals surface area contributed by atoms with Crippen molar-refractivity contribution in [2.75, 3.05) is 13.1 Å². The van der Waals surface area contributed by atoms with Crippen molar-refractivity contribution in [3.8, 4) is 0 Å². The van der Waals surface area contributed by atoms with Crippen LogP contribution in [0.4, 0.5) is 0 Å². The van der Waals surface area contributed by atoms with Gasteiger partial charge in [-0.25, -0.2) is 0 Å². The van der Waals surface area contributed by atoms with Gasteiger partial charge in [0.25, 0.3) is 5.91 Å². The lowest BCUT2D eigenvalue weighted by Crippen LogP contribution is -2.57. The van der Waals surface area contributed by atoms with Gasteiger partial charge in [0.15, 0.2) is 0 Å². The van der Waals surface area contributed by atoms with Crippen LogP contribution < -0.4 is 5.32 Å². The third kappa shape index (κ3) is 3.34. The van der Waals surface area contributed by atoms with Gasteiger partial charge in [-0.15, -0.1) is 11.3 Å². The van der Waals surface area contributed by atoms with Crippen LogP contribution in [0.15, 0.2) is 47.8 Å². The molecule has 110 valence electrons. The van der Waals surface area contributed by atoms with Gasteiger partial charge in [0.05, 0.1) is 4.88 Å². The number of carbonyl (C=O) groups excluding carboxylic acids is 1. The monoisotopic (exact) mass is 300 g/mol. The lowest BCUT2D eigenvalue weighted by atomic mass is 10.0. The van der Waals surface area contributed by atoms with E-state index in [2.05, 4.69) is 36.5 Å². The maximum atomic E-state index is 12.6. The zero-order chi connectivity index (χ0) is 14.7. The topological polar surface area (TPSA) is 32.3 Å². The standard InChI is InChI=1S/C17H20N2OS/c1-13-11-18-15(10-14-6-3-2-4-7-14)12-19(13)17(20)16-8-5-9-21-16/h2-9,13,15,18H,10-12H2,1H3. The molecule has 1 N–H and O–H groups in total. The van der Waals surface area contributed by atoms with Gasteiger partial charge in [-0.1, -0.05) is 36.4 Å². The fourth-order valence-electron chi connectivity index (χ4n) is 2.79. The predicted molar refractivity (Wildman–Crippen MR) is 86.8 cm³/mol. The van der Waals surface area contributed by atoms with E-state index in [1.165, 1.54) is 16.9 Å². The molecule has 1 aliphatic heterocycles. The highest BCUT2D eigenvalue weighted by Crippen LogP contribution is 2.17. The van der Waals surface area contributed by atoms with E-state index >= 15 is 0 Å². The van der Waals surface area contributed by atoms with Gasteiger partial charge in [0, 0.05) is 25.2 Å². The molecule has 1 saturated heterocycles. The van der Waals surface area contributed by atoms with Gasteiger partial charge in [-0.05, 0) is 30.4 Å². The Hall–Kier alpha value is -1.65. The fraction of sp³-hybridized carbons (Fsp3) is 0.353. The number of rotatable bonds is 3. The van der Waals surface area contributed by atoms with Crippen molar-refractivity contribution < 1.29 is 4.79 Å². The summed E-state index contributed by atoms with van der Waals surface area (Å²) < 4.78 is 0. The molecule has 0 radical (unpaired) electrons. The summed E-state index contributed by atoms with van der Waals surface area (Å²) in [5.41, 5.74) is 1.31. The van der Waals surface area contributed by atoms with Crippen LogP contribution in [0, 0.1) is 0 Å². The van der Waals surface area contributed by atoms with Crippen molar-refractivity contribution in [2.24, 2.45) is 0 Å². The van der Waals surface area contributed by atoms with Crippen molar-refractivity contribution in [1.82, 2.24) is 10.2 Å². The first-order valence-corrected chi connectivity index (χ1v) is 8.24. The van der Waals surface area contributed by atoms with Crippen LogP contribution in [-0.4, -0.2) is 36.0 Å². The molecule has 2 unspecified atom stereocenters. The Kier molecular flexibility index (Phi) is 4.36. The molecule has 2 aromatic rings. The summed E-state index contributed by atoms with van der Waals surface area (Å²) in [6.45, 7) is 3.73. The van der Waals surface area contributed by atoms with Crippen LogP contribution in [0.3, 0.4) is 0 Å². The number of benzene rings is 1. The highest BCUT2D eigenvalue weighted by molar-refractivity contribution is 7.12. The summed E-state index contributed by atoms with van der Waals surface area (Å²) in [4.78, 5) is 15.4. The number of amides is 1. The molecule has 21 heavy (non-hydrogen) atoms. The second-order valence-electron chi connectivity index (χ2n) is 5.58. The van der Waals surface area contributed by atoms with Gasteiger partial charge >= 0.3 is 0 Å². The van der Waals surface area contributed by atoms with E-state index in [0.717, 1.165) is 24.4 Å². The summed E-state index contributed by atoms with van der Waals surface area (Å²) in [5.74, 6) is 0.164. The van der Waals surface area contributed by atoms with E-state index in [-0.39, 0.29) is 11.9 Å². The first kappa shape index (κ1) is 14.3. The number of hydrogen-bond acceptors (Lipinski definition) is 3.